The molecule has 0 spiro atoms. The van der Waals surface area contributed by atoms with E-state index < -0.39 is 0 Å². The van der Waals surface area contributed by atoms with Crippen molar-refractivity contribution in [3.63, 3.8) is 0 Å². The van der Waals surface area contributed by atoms with E-state index in [1.54, 1.807) is 6.07 Å². The molecule has 0 saturated carbocycles. The molecule has 0 radical (unpaired) electrons. The second-order valence-corrected chi connectivity index (χ2v) is 4.41. The van der Waals surface area contributed by atoms with Gasteiger partial charge in [-0.3, -0.25) is 0 Å². The maximum absolute atomic E-state index is 8.59. The molecule has 4 nitrogen and oxygen atoms in total. The molecule has 0 fully saturated rings. The Morgan fingerprint density at radius 3 is 2.71 bits per heavy atom. The highest BCUT2D eigenvalue weighted by Gasteiger charge is 2.01. The highest BCUT2D eigenvalue weighted by molar-refractivity contribution is 9.10. The summed E-state index contributed by atoms with van der Waals surface area (Å²) < 4.78 is 0.797. The monoisotopic (exact) mass is 308 g/mol. The van der Waals surface area contributed by atoms with Crippen LogP contribution in [-0.2, 0) is 0 Å². The second kappa shape index (κ2) is 5.13. The summed E-state index contributed by atoms with van der Waals surface area (Å²) >= 11 is 9.22. The normalized spacial score (nSPS) is 9.71. The van der Waals surface area contributed by atoms with E-state index in [1.807, 2.05) is 18.2 Å². The summed E-state index contributed by atoms with van der Waals surface area (Å²) in [6.07, 6.45) is 2.91. The minimum absolute atomic E-state index is 0.285. The minimum atomic E-state index is 0.285. The van der Waals surface area contributed by atoms with Crippen LogP contribution in [0.1, 0.15) is 5.69 Å². The van der Waals surface area contributed by atoms with Crippen molar-refractivity contribution in [2.75, 3.05) is 5.32 Å². The summed E-state index contributed by atoms with van der Waals surface area (Å²) in [6.45, 7) is 0. The largest absolute Gasteiger partial charge is 0.339 e. The van der Waals surface area contributed by atoms with E-state index in [4.69, 9.17) is 16.9 Å². The minimum Gasteiger partial charge on any atom is -0.339 e. The molecule has 2 aromatic rings. The first-order chi connectivity index (χ1) is 8.19. The lowest BCUT2D eigenvalue weighted by molar-refractivity contribution is 1.16. The van der Waals surface area contributed by atoms with Crippen LogP contribution >= 0.6 is 27.5 Å². The van der Waals surface area contributed by atoms with Crippen molar-refractivity contribution >= 4 is 39.0 Å². The van der Waals surface area contributed by atoms with Crippen LogP contribution in [0.15, 0.2) is 35.1 Å². The molecule has 0 aliphatic carbocycles. The molecule has 1 aromatic carbocycles. The fraction of sp³-hybridized carbons (Fsp3) is 0. The predicted octanol–water partition coefficient (Wildman–Crippen LogP) is 3.51. The average molecular weight is 310 g/mol. The Bertz CT molecular complexity index is 577. The molecule has 0 bridgehead atoms. The topological polar surface area (TPSA) is 61.6 Å². The number of rotatable bonds is 2. The van der Waals surface area contributed by atoms with Gasteiger partial charge in [0, 0.05) is 10.2 Å². The smallest absolute Gasteiger partial charge is 0.158 e. The summed E-state index contributed by atoms with van der Waals surface area (Å²) in [5.74, 6) is 0.568. The molecule has 0 aliphatic heterocycles. The third kappa shape index (κ3) is 2.93. The van der Waals surface area contributed by atoms with Crippen LogP contribution in [0.2, 0.25) is 5.02 Å². The van der Waals surface area contributed by atoms with E-state index in [-0.39, 0.29) is 5.69 Å². The van der Waals surface area contributed by atoms with Crippen LogP contribution in [0.5, 0.6) is 0 Å². The lowest BCUT2D eigenvalue weighted by Gasteiger charge is -2.05. The molecule has 1 aromatic heterocycles. The van der Waals surface area contributed by atoms with E-state index >= 15 is 0 Å². The van der Waals surface area contributed by atoms with Gasteiger partial charge >= 0.3 is 0 Å². The lowest BCUT2D eigenvalue weighted by Crippen LogP contribution is -1.95. The average Bonchev–Trinajstić information content (AvgIpc) is 2.35. The standard InChI is InChI=1S/C11H6BrClN4/c12-9-3-7(1-2-10(9)13)17-11-6-15-8(4-14)5-16-11/h1-3,5-6H,(H,16,17). The molecule has 6 heteroatoms. The maximum atomic E-state index is 8.59. The van der Waals surface area contributed by atoms with Crippen LogP contribution in [0.3, 0.4) is 0 Å². The lowest BCUT2D eigenvalue weighted by atomic mass is 10.3. The van der Waals surface area contributed by atoms with Crippen molar-refractivity contribution in [1.82, 2.24) is 9.97 Å². The van der Waals surface area contributed by atoms with Gasteiger partial charge in [-0.2, -0.15) is 5.26 Å². The van der Waals surface area contributed by atoms with Gasteiger partial charge < -0.3 is 5.32 Å². The van der Waals surface area contributed by atoms with E-state index in [9.17, 15) is 0 Å². The van der Waals surface area contributed by atoms with Gasteiger partial charge in [0.25, 0.3) is 0 Å². The number of benzene rings is 1. The molecule has 84 valence electrons. The molecule has 0 aliphatic rings. The number of aromatic nitrogens is 2. The van der Waals surface area contributed by atoms with Gasteiger partial charge in [-0.25, -0.2) is 9.97 Å². The number of hydrogen-bond acceptors (Lipinski definition) is 4. The Labute approximate surface area is 111 Å². The number of nitriles is 1. The number of nitrogens with one attached hydrogen (secondary N) is 1. The van der Waals surface area contributed by atoms with Crippen LogP contribution in [0, 0.1) is 11.3 Å². The Balaban J connectivity index is 2.20. The fourth-order valence-corrected chi connectivity index (χ4v) is 1.67. The zero-order valence-electron chi connectivity index (χ0n) is 8.48. The van der Waals surface area contributed by atoms with E-state index in [0.717, 1.165) is 10.2 Å². The van der Waals surface area contributed by atoms with Crippen molar-refractivity contribution in [1.29, 1.82) is 5.26 Å². The number of halogens is 2. The zero-order valence-corrected chi connectivity index (χ0v) is 10.8. The predicted molar refractivity (Wildman–Crippen MR) is 69.2 cm³/mol. The first-order valence-corrected chi connectivity index (χ1v) is 5.80. The van der Waals surface area contributed by atoms with Gasteiger partial charge in [0.05, 0.1) is 17.4 Å². The maximum Gasteiger partial charge on any atom is 0.158 e. The summed E-state index contributed by atoms with van der Waals surface area (Å²) in [5.41, 5.74) is 1.12. The van der Waals surface area contributed by atoms with Crippen molar-refractivity contribution in [3.8, 4) is 6.07 Å². The van der Waals surface area contributed by atoms with Crippen molar-refractivity contribution in [3.05, 3.63) is 45.8 Å². The zero-order chi connectivity index (χ0) is 12.3. The molecule has 0 saturated heterocycles. The Morgan fingerprint density at radius 1 is 1.29 bits per heavy atom. The Kier molecular flexibility index (Phi) is 3.57. The summed E-state index contributed by atoms with van der Waals surface area (Å²) in [7, 11) is 0. The van der Waals surface area contributed by atoms with E-state index in [0.29, 0.717) is 10.8 Å². The highest BCUT2D eigenvalue weighted by Crippen LogP contribution is 2.26. The Morgan fingerprint density at radius 2 is 2.12 bits per heavy atom. The molecule has 0 amide bonds. The van der Waals surface area contributed by atoms with Crippen LogP contribution in [-0.4, -0.2) is 9.97 Å². The molecule has 17 heavy (non-hydrogen) atoms. The van der Waals surface area contributed by atoms with Crippen LogP contribution < -0.4 is 5.32 Å². The number of hydrogen-bond donors (Lipinski definition) is 1. The third-order valence-electron chi connectivity index (χ3n) is 1.96. The van der Waals surface area contributed by atoms with Crippen molar-refractivity contribution in [2.45, 2.75) is 0 Å². The molecular formula is C11H6BrClN4. The highest BCUT2D eigenvalue weighted by atomic mass is 79.9. The van der Waals surface area contributed by atoms with Gasteiger partial charge in [-0.15, -0.1) is 0 Å². The van der Waals surface area contributed by atoms with Crippen LogP contribution in [0.4, 0.5) is 11.5 Å². The van der Waals surface area contributed by atoms with E-state index in [2.05, 4.69) is 31.2 Å². The van der Waals surface area contributed by atoms with Gasteiger partial charge in [0.1, 0.15) is 11.9 Å². The fourth-order valence-electron chi connectivity index (χ4n) is 1.17. The molecular weight excluding hydrogens is 304 g/mol. The second-order valence-electron chi connectivity index (χ2n) is 3.15. The SMILES string of the molecule is N#Cc1cnc(Nc2ccc(Cl)c(Br)c2)cn1. The summed E-state index contributed by atoms with van der Waals surface area (Å²) in [6, 6.07) is 7.34. The van der Waals surface area contributed by atoms with E-state index in [1.165, 1.54) is 12.4 Å². The van der Waals surface area contributed by atoms with Gasteiger partial charge in [-0.05, 0) is 34.1 Å². The summed E-state index contributed by atoms with van der Waals surface area (Å²) in [4.78, 5) is 7.96. The van der Waals surface area contributed by atoms with Crippen molar-refractivity contribution < 1.29 is 0 Å². The molecule has 0 unspecified atom stereocenters. The molecule has 0 atom stereocenters. The van der Waals surface area contributed by atoms with Crippen molar-refractivity contribution in [2.24, 2.45) is 0 Å². The first kappa shape index (κ1) is 11.8. The molecule has 1 heterocycles. The van der Waals surface area contributed by atoms with Gasteiger partial charge in [0.15, 0.2) is 5.69 Å². The third-order valence-corrected chi connectivity index (χ3v) is 3.17. The molecule has 2 rings (SSSR count). The molecule has 1 N–H and O–H groups in total. The van der Waals surface area contributed by atoms with Crippen LogP contribution in [0.25, 0.3) is 0 Å². The Hall–Kier alpha value is -1.64. The van der Waals surface area contributed by atoms with Gasteiger partial charge in [-0.1, -0.05) is 11.6 Å². The van der Waals surface area contributed by atoms with Gasteiger partial charge in [0.2, 0.25) is 0 Å². The summed E-state index contributed by atoms with van der Waals surface area (Å²) in [5, 5.41) is 12.3. The first-order valence-electron chi connectivity index (χ1n) is 4.63. The number of anilines is 2. The quantitative estimate of drug-likeness (QED) is 0.922. The number of nitrogens with zero attached hydrogens (tertiary/aromatic N) is 3.